The van der Waals surface area contributed by atoms with Gasteiger partial charge in [0.05, 0.1) is 13.2 Å². The van der Waals surface area contributed by atoms with Gasteiger partial charge in [-0.2, -0.15) is 0 Å². The van der Waals surface area contributed by atoms with Crippen LogP contribution in [0.5, 0.6) is 5.75 Å². The molecule has 6 heteroatoms. The zero-order valence-corrected chi connectivity index (χ0v) is 18.5. The van der Waals surface area contributed by atoms with Crippen molar-refractivity contribution in [3.05, 3.63) is 54.1 Å². The topological polar surface area (TPSA) is 54.0 Å². The molecule has 31 heavy (non-hydrogen) atoms. The maximum Gasteiger partial charge on any atom is 0.255 e. The monoisotopic (exact) mass is 423 g/mol. The highest BCUT2D eigenvalue weighted by atomic mass is 16.5. The first-order chi connectivity index (χ1) is 15.2. The number of rotatable bonds is 6. The third-order valence-electron chi connectivity index (χ3n) is 6.57. The molecule has 1 atom stereocenters. The van der Waals surface area contributed by atoms with Crippen LogP contribution < -0.4 is 15.0 Å². The fourth-order valence-electron chi connectivity index (χ4n) is 4.68. The van der Waals surface area contributed by atoms with Crippen LogP contribution in [0.25, 0.3) is 0 Å². The normalized spacial score (nSPS) is 20.5. The number of nitrogens with zero attached hydrogens (tertiary/aromatic N) is 2. The fourth-order valence-corrected chi connectivity index (χ4v) is 4.68. The number of hydrogen-bond donors (Lipinski definition) is 1. The van der Waals surface area contributed by atoms with E-state index in [1.807, 2.05) is 19.2 Å². The van der Waals surface area contributed by atoms with Crippen LogP contribution in [0.4, 0.5) is 11.4 Å². The number of methoxy groups -OCH3 is 2. The second kappa shape index (κ2) is 10.2. The van der Waals surface area contributed by atoms with Crippen LogP contribution in [0.3, 0.4) is 0 Å². The molecule has 4 rings (SSSR count). The van der Waals surface area contributed by atoms with Gasteiger partial charge in [-0.15, -0.1) is 0 Å². The first-order valence-corrected chi connectivity index (χ1v) is 11.2. The molecule has 0 saturated carbocycles. The summed E-state index contributed by atoms with van der Waals surface area (Å²) in [7, 11) is 3.45. The van der Waals surface area contributed by atoms with Crippen molar-refractivity contribution < 1.29 is 14.3 Å². The number of piperidine rings is 2. The van der Waals surface area contributed by atoms with Crippen LogP contribution in [0, 0.1) is 0 Å². The number of likely N-dealkylation sites (tertiary alicyclic amines) is 1. The summed E-state index contributed by atoms with van der Waals surface area (Å²) >= 11 is 0. The lowest BCUT2D eigenvalue weighted by Crippen LogP contribution is -2.50. The molecule has 166 valence electrons. The van der Waals surface area contributed by atoms with Crippen LogP contribution in [0.15, 0.2) is 48.5 Å². The summed E-state index contributed by atoms with van der Waals surface area (Å²) in [5, 5.41) is 2.97. The third-order valence-corrected chi connectivity index (χ3v) is 6.57. The molecule has 6 nitrogen and oxygen atoms in total. The number of benzene rings is 2. The van der Waals surface area contributed by atoms with Crippen molar-refractivity contribution >= 4 is 17.3 Å². The van der Waals surface area contributed by atoms with Crippen molar-refractivity contribution in [3.8, 4) is 5.75 Å². The van der Waals surface area contributed by atoms with Crippen LogP contribution in [0.1, 0.15) is 36.0 Å². The summed E-state index contributed by atoms with van der Waals surface area (Å²) < 4.78 is 10.7. The Morgan fingerprint density at radius 1 is 0.935 bits per heavy atom. The Bertz CT molecular complexity index is 845. The Labute approximate surface area is 185 Å². The number of anilines is 2. The summed E-state index contributed by atoms with van der Waals surface area (Å²) in [6.07, 6.45) is 5.20. The maximum absolute atomic E-state index is 12.5. The zero-order chi connectivity index (χ0) is 21.6. The lowest BCUT2D eigenvalue weighted by atomic mass is 9.98. The van der Waals surface area contributed by atoms with E-state index in [0.29, 0.717) is 17.7 Å². The predicted molar refractivity (Wildman–Crippen MR) is 124 cm³/mol. The van der Waals surface area contributed by atoms with E-state index in [-0.39, 0.29) is 5.91 Å². The SMILES string of the molecule is COc1ccc(C(=O)Nc2ccc(N3CCC(N4CCC[C@@H](OC)C4)CC3)cc2)cc1. The molecule has 0 aromatic heterocycles. The minimum Gasteiger partial charge on any atom is -0.497 e. The van der Waals surface area contributed by atoms with E-state index < -0.39 is 0 Å². The quantitative estimate of drug-likeness (QED) is 0.760. The van der Waals surface area contributed by atoms with Gasteiger partial charge in [0.25, 0.3) is 5.91 Å². The number of carbonyl (C=O) groups excluding carboxylic acids is 1. The zero-order valence-electron chi connectivity index (χ0n) is 18.5. The average Bonchev–Trinajstić information content (AvgIpc) is 2.84. The van der Waals surface area contributed by atoms with E-state index in [9.17, 15) is 4.79 Å². The lowest BCUT2D eigenvalue weighted by molar-refractivity contribution is 0.0102. The Morgan fingerprint density at radius 2 is 1.65 bits per heavy atom. The van der Waals surface area contributed by atoms with Gasteiger partial charge in [-0.3, -0.25) is 9.69 Å². The van der Waals surface area contributed by atoms with Gasteiger partial charge < -0.3 is 19.7 Å². The predicted octanol–water partition coefficient (Wildman–Crippen LogP) is 4.03. The Kier molecular flexibility index (Phi) is 7.10. The van der Waals surface area contributed by atoms with Crippen molar-refractivity contribution in [2.45, 2.75) is 37.8 Å². The second-order valence-electron chi connectivity index (χ2n) is 8.44. The highest BCUT2D eigenvalue weighted by molar-refractivity contribution is 6.04. The molecule has 2 fully saturated rings. The van der Waals surface area contributed by atoms with E-state index in [4.69, 9.17) is 9.47 Å². The minimum absolute atomic E-state index is 0.118. The van der Waals surface area contributed by atoms with Crippen molar-refractivity contribution in [3.63, 3.8) is 0 Å². The number of carbonyl (C=O) groups is 1. The van der Waals surface area contributed by atoms with Crippen molar-refractivity contribution in [2.75, 3.05) is 50.6 Å². The summed E-state index contributed by atoms with van der Waals surface area (Å²) in [4.78, 5) is 17.5. The molecular weight excluding hydrogens is 390 g/mol. The highest BCUT2D eigenvalue weighted by Crippen LogP contribution is 2.26. The molecule has 0 spiro atoms. The number of nitrogens with one attached hydrogen (secondary N) is 1. The van der Waals surface area contributed by atoms with Gasteiger partial charge in [0, 0.05) is 49.7 Å². The molecule has 2 aliphatic rings. The first kappa shape index (κ1) is 21.7. The number of ether oxygens (including phenoxy) is 2. The molecule has 1 amide bonds. The third kappa shape index (κ3) is 5.38. The van der Waals surface area contributed by atoms with E-state index >= 15 is 0 Å². The van der Waals surface area contributed by atoms with E-state index in [1.165, 1.54) is 37.9 Å². The molecule has 2 aromatic rings. The first-order valence-electron chi connectivity index (χ1n) is 11.2. The number of hydrogen-bond acceptors (Lipinski definition) is 5. The molecule has 2 saturated heterocycles. The van der Waals surface area contributed by atoms with Crippen LogP contribution in [-0.4, -0.2) is 63.4 Å². The van der Waals surface area contributed by atoms with Crippen molar-refractivity contribution in [1.82, 2.24) is 4.90 Å². The van der Waals surface area contributed by atoms with Gasteiger partial charge in [-0.05, 0) is 80.8 Å². The summed E-state index contributed by atoms with van der Waals surface area (Å²) in [5.41, 5.74) is 2.63. The minimum atomic E-state index is -0.118. The van der Waals surface area contributed by atoms with E-state index in [0.717, 1.165) is 31.1 Å². The Morgan fingerprint density at radius 3 is 2.29 bits per heavy atom. The van der Waals surface area contributed by atoms with Gasteiger partial charge in [-0.25, -0.2) is 0 Å². The smallest absolute Gasteiger partial charge is 0.255 e. The summed E-state index contributed by atoms with van der Waals surface area (Å²) in [5.74, 6) is 0.621. The van der Waals surface area contributed by atoms with E-state index in [2.05, 4.69) is 27.2 Å². The molecule has 2 heterocycles. The molecule has 1 N–H and O–H groups in total. The molecule has 0 radical (unpaired) electrons. The van der Waals surface area contributed by atoms with Gasteiger partial charge in [-0.1, -0.05) is 0 Å². The Balaban J connectivity index is 1.29. The average molecular weight is 424 g/mol. The van der Waals surface area contributed by atoms with Crippen LogP contribution >= 0.6 is 0 Å². The summed E-state index contributed by atoms with van der Waals surface area (Å²) in [6.45, 7) is 4.41. The maximum atomic E-state index is 12.5. The van der Waals surface area contributed by atoms with Gasteiger partial charge in [0.2, 0.25) is 0 Å². The molecule has 0 bridgehead atoms. The molecule has 2 aliphatic heterocycles. The molecular formula is C25H33N3O3. The van der Waals surface area contributed by atoms with Crippen LogP contribution in [-0.2, 0) is 4.74 Å². The Hall–Kier alpha value is -2.57. The van der Waals surface area contributed by atoms with Gasteiger partial charge >= 0.3 is 0 Å². The second-order valence-corrected chi connectivity index (χ2v) is 8.44. The molecule has 0 unspecified atom stereocenters. The molecule has 0 aliphatic carbocycles. The largest absolute Gasteiger partial charge is 0.497 e. The summed E-state index contributed by atoms with van der Waals surface area (Å²) in [6, 6.07) is 16.0. The fraction of sp³-hybridized carbons (Fsp3) is 0.480. The standard InChI is InChI=1S/C25H33N3O3/c1-30-23-11-5-19(6-12-23)25(29)26-20-7-9-21(10-8-20)27-16-13-22(14-17-27)28-15-3-4-24(18-28)31-2/h5-12,22,24H,3-4,13-18H2,1-2H3,(H,26,29)/t24-/m1/s1. The lowest BCUT2D eigenvalue weighted by Gasteiger charge is -2.42. The van der Waals surface area contributed by atoms with Crippen LogP contribution in [0.2, 0.25) is 0 Å². The highest BCUT2D eigenvalue weighted by Gasteiger charge is 2.28. The van der Waals surface area contributed by atoms with E-state index in [1.54, 1.807) is 31.4 Å². The van der Waals surface area contributed by atoms with Crippen molar-refractivity contribution in [2.24, 2.45) is 0 Å². The number of amides is 1. The molecule has 2 aromatic carbocycles. The van der Waals surface area contributed by atoms with Gasteiger partial charge in [0.1, 0.15) is 5.75 Å². The van der Waals surface area contributed by atoms with Crippen molar-refractivity contribution in [1.29, 1.82) is 0 Å². The van der Waals surface area contributed by atoms with Gasteiger partial charge in [0.15, 0.2) is 0 Å².